The van der Waals surface area contributed by atoms with Gasteiger partial charge < -0.3 is 5.32 Å². The minimum absolute atomic E-state index is 0.859. The molecule has 0 aliphatic rings. The average Bonchev–Trinajstić information content (AvgIpc) is 2.79. The van der Waals surface area contributed by atoms with E-state index in [4.69, 9.17) is 0 Å². The van der Waals surface area contributed by atoms with Crippen molar-refractivity contribution < 1.29 is 0 Å². The lowest BCUT2D eigenvalue weighted by atomic mass is 9.97. The van der Waals surface area contributed by atoms with Gasteiger partial charge >= 0.3 is 0 Å². The fraction of sp³-hybridized carbons (Fsp3) is 0.769. The zero-order valence-electron chi connectivity index (χ0n) is 10.5. The van der Waals surface area contributed by atoms with Gasteiger partial charge in [-0.3, -0.25) is 4.98 Å². The molecule has 1 rings (SSSR count). The van der Waals surface area contributed by atoms with Gasteiger partial charge in [-0.25, -0.2) is 0 Å². The van der Waals surface area contributed by atoms with Crippen LogP contribution in [0.15, 0.2) is 11.7 Å². The maximum absolute atomic E-state index is 4.08. The lowest BCUT2D eigenvalue weighted by molar-refractivity contribution is 0.402. The van der Waals surface area contributed by atoms with E-state index >= 15 is 0 Å². The Morgan fingerprint density at radius 2 is 2.19 bits per heavy atom. The monoisotopic (exact) mass is 240 g/mol. The SMILES string of the molecule is CCCCC(CCC)CNCc1cncs1. The minimum atomic E-state index is 0.859. The van der Waals surface area contributed by atoms with Crippen molar-refractivity contribution in [2.24, 2.45) is 5.92 Å². The molecule has 1 unspecified atom stereocenters. The summed E-state index contributed by atoms with van der Waals surface area (Å²) in [6.45, 7) is 6.69. The average molecular weight is 240 g/mol. The fourth-order valence-corrected chi connectivity index (χ4v) is 2.54. The summed E-state index contributed by atoms with van der Waals surface area (Å²) in [6.07, 6.45) is 8.67. The highest BCUT2D eigenvalue weighted by atomic mass is 32.1. The summed E-state index contributed by atoms with van der Waals surface area (Å²) in [5, 5.41) is 3.55. The fourth-order valence-electron chi connectivity index (χ4n) is 1.98. The quantitative estimate of drug-likeness (QED) is 0.709. The number of thiazole rings is 1. The van der Waals surface area contributed by atoms with Gasteiger partial charge in [-0.2, -0.15) is 0 Å². The molecule has 0 fully saturated rings. The Morgan fingerprint density at radius 3 is 2.81 bits per heavy atom. The van der Waals surface area contributed by atoms with Gasteiger partial charge in [-0.1, -0.05) is 33.1 Å². The Morgan fingerprint density at radius 1 is 1.31 bits per heavy atom. The summed E-state index contributed by atoms with van der Waals surface area (Å²) in [6, 6.07) is 0. The van der Waals surface area contributed by atoms with Crippen LogP contribution in [0.3, 0.4) is 0 Å². The second-order valence-corrected chi connectivity index (χ2v) is 5.37. The van der Waals surface area contributed by atoms with Gasteiger partial charge in [-0.05, 0) is 25.3 Å². The van der Waals surface area contributed by atoms with E-state index < -0.39 is 0 Å². The third kappa shape index (κ3) is 5.61. The molecule has 0 saturated heterocycles. The summed E-state index contributed by atoms with van der Waals surface area (Å²) in [5.74, 6) is 0.859. The van der Waals surface area contributed by atoms with Crippen molar-refractivity contribution in [1.29, 1.82) is 0 Å². The highest BCUT2D eigenvalue weighted by molar-refractivity contribution is 7.09. The van der Waals surface area contributed by atoms with Gasteiger partial charge in [0.1, 0.15) is 0 Å². The Bertz CT molecular complexity index is 246. The van der Waals surface area contributed by atoms with E-state index in [1.807, 2.05) is 11.7 Å². The van der Waals surface area contributed by atoms with Gasteiger partial charge in [0.2, 0.25) is 0 Å². The smallest absolute Gasteiger partial charge is 0.0794 e. The van der Waals surface area contributed by atoms with Crippen molar-refractivity contribution in [3.63, 3.8) is 0 Å². The molecule has 1 aromatic heterocycles. The second kappa shape index (κ2) is 8.71. The number of rotatable bonds is 9. The summed E-state index contributed by atoms with van der Waals surface area (Å²) < 4.78 is 0. The molecular formula is C13H24N2S. The zero-order valence-corrected chi connectivity index (χ0v) is 11.4. The first-order valence-corrected chi connectivity index (χ1v) is 7.32. The normalized spacial score (nSPS) is 12.9. The van der Waals surface area contributed by atoms with E-state index in [-0.39, 0.29) is 0 Å². The van der Waals surface area contributed by atoms with Gasteiger partial charge in [0.25, 0.3) is 0 Å². The minimum Gasteiger partial charge on any atom is -0.312 e. The van der Waals surface area contributed by atoms with E-state index in [1.54, 1.807) is 11.3 Å². The van der Waals surface area contributed by atoms with Crippen molar-refractivity contribution in [2.75, 3.05) is 6.54 Å². The predicted octanol–water partition coefficient (Wildman–Crippen LogP) is 3.84. The van der Waals surface area contributed by atoms with E-state index in [0.717, 1.165) is 19.0 Å². The molecule has 0 aliphatic heterocycles. The first kappa shape index (κ1) is 13.7. The second-order valence-electron chi connectivity index (χ2n) is 4.40. The van der Waals surface area contributed by atoms with Crippen LogP contribution < -0.4 is 5.32 Å². The molecule has 1 atom stereocenters. The molecule has 0 radical (unpaired) electrons. The van der Waals surface area contributed by atoms with Crippen LogP contribution in [-0.2, 0) is 6.54 Å². The predicted molar refractivity (Wildman–Crippen MR) is 71.7 cm³/mol. The largest absolute Gasteiger partial charge is 0.312 e. The Kier molecular flexibility index (Phi) is 7.43. The highest BCUT2D eigenvalue weighted by Gasteiger charge is 2.06. The van der Waals surface area contributed by atoms with Gasteiger partial charge in [0.05, 0.1) is 5.51 Å². The van der Waals surface area contributed by atoms with Crippen LogP contribution in [0.1, 0.15) is 50.8 Å². The first-order valence-electron chi connectivity index (χ1n) is 6.44. The van der Waals surface area contributed by atoms with Crippen LogP contribution in [-0.4, -0.2) is 11.5 Å². The van der Waals surface area contributed by atoms with Crippen LogP contribution in [0.2, 0.25) is 0 Å². The zero-order chi connectivity index (χ0) is 11.6. The summed E-state index contributed by atoms with van der Waals surface area (Å²) in [5.41, 5.74) is 1.90. The van der Waals surface area contributed by atoms with Crippen LogP contribution in [0.25, 0.3) is 0 Å². The number of hydrogen-bond acceptors (Lipinski definition) is 3. The van der Waals surface area contributed by atoms with E-state index in [9.17, 15) is 0 Å². The highest BCUT2D eigenvalue weighted by Crippen LogP contribution is 2.14. The van der Waals surface area contributed by atoms with Crippen LogP contribution in [0.4, 0.5) is 0 Å². The van der Waals surface area contributed by atoms with Crippen molar-refractivity contribution in [3.8, 4) is 0 Å². The summed E-state index contributed by atoms with van der Waals surface area (Å²) in [7, 11) is 0. The molecule has 0 bridgehead atoms. The Balaban J connectivity index is 2.15. The molecule has 0 amide bonds. The number of nitrogens with one attached hydrogen (secondary N) is 1. The maximum Gasteiger partial charge on any atom is 0.0794 e. The van der Waals surface area contributed by atoms with Crippen molar-refractivity contribution in [3.05, 3.63) is 16.6 Å². The summed E-state index contributed by atoms with van der Waals surface area (Å²) in [4.78, 5) is 5.42. The van der Waals surface area contributed by atoms with Crippen molar-refractivity contribution in [2.45, 2.75) is 52.5 Å². The molecule has 92 valence electrons. The van der Waals surface area contributed by atoms with Gasteiger partial charge in [0.15, 0.2) is 0 Å². The molecule has 2 nitrogen and oxygen atoms in total. The number of nitrogens with zero attached hydrogens (tertiary/aromatic N) is 1. The molecule has 0 aromatic carbocycles. The van der Waals surface area contributed by atoms with E-state index in [2.05, 4.69) is 24.1 Å². The Labute approximate surface area is 103 Å². The summed E-state index contributed by atoms with van der Waals surface area (Å²) >= 11 is 1.73. The maximum atomic E-state index is 4.08. The van der Waals surface area contributed by atoms with Crippen molar-refractivity contribution >= 4 is 11.3 Å². The topological polar surface area (TPSA) is 24.9 Å². The number of hydrogen-bond donors (Lipinski definition) is 1. The standard InChI is InChI=1S/C13H24N2S/c1-3-5-7-12(6-4-2)8-14-9-13-10-15-11-16-13/h10-12,14H,3-9H2,1-2H3. The molecule has 3 heteroatoms. The van der Waals surface area contributed by atoms with Crippen LogP contribution in [0, 0.1) is 5.92 Å². The lowest BCUT2D eigenvalue weighted by Crippen LogP contribution is -2.22. The molecule has 1 aromatic rings. The first-order chi connectivity index (χ1) is 7.86. The molecule has 0 spiro atoms. The van der Waals surface area contributed by atoms with Crippen LogP contribution >= 0.6 is 11.3 Å². The lowest BCUT2D eigenvalue weighted by Gasteiger charge is -2.16. The molecule has 16 heavy (non-hydrogen) atoms. The number of aromatic nitrogens is 1. The third-order valence-corrected chi connectivity index (χ3v) is 3.66. The van der Waals surface area contributed by atoms with E-state index in [1.165, 1.54) is 37.0 Å². The molecular weight excluding hydrogens is 216 g/mol. The third-order valence-electron chi connectivity index (χ3n) is 2.88. The molecule has 1 N–H and O–H groups in total. The van der Waals surface area contributed by atoms with Gasteiger partial charge in [0, 0.05) is 17.6 Å². The number of unbranched alkanes of at least 4 members (excludes halogenated alkanes) is 1. The molecule has 0 saturated carbocycles. The van der Waals surface area contributed by atoms with Crippen molar-refractivity contribution in [1.82, 2.24) is 10.3 Å². The van der Waals surface area contributed by atoms with E-state index in [0.29, 0.717) is 0 Å². The molecule has 1 heterocycles. The van der Waals surface area contributed by atoms with Gasteiger partial charge in [-0.15, -0.1) is 11.3 Å². The molecule has 0 aliphatic carbocycles. The van der Waals surface area contributed by atoms with Crippen LogP contribution in [0.5, 0.6) is 0 Å². The Hall–Kier alpha value is -0.410.